The quantitative estimate of drug-likeness (QED) is 0.688. The average molecular weight is 392 g/mol. The molecule has 27 heavy (non-hydrogen) atoms. The topological polar surface area (TPSA) is 76.2 Å². The van der Waals surface area contributed by atoms with Crippen LogP contribution in [0.25, 0.3) is 0 Å². The maximum absolute atomic E-state index is 12.7. The van der Waals surface area contributed by atoms with E-state index in [0.717, 1.165) is 16.1 Å². The Morgan fingerprint density at radius 2 is 1.63 bits per heavy atom. The van der Waals surface area contributed by atoms with Crippen LogP contribution in [-0.4, -0.2) is 53.3 Å². The van der Waals surface area contributed by atoms with E-state index in [1.54, 1.807) is 38.4 Å². The highest BCUT2D eigenvalue weighted by Crippen LogP contribution is 2.22. The van der Waals surface area contributed by atoms with E-state index in [0.29, 0.717) is 23.7 Å². The van der Waals surface area contributed by atoms with Crippen molar-refractivity contribution in [2.45, 2.75) is 6.54 Å². The van der Waals surface area contributed by atoms with Crippen LogP contribution in [0.1, 0.15) is 5.56 Å². The zero-order chi connectivity index (χ0) is 20.0. The predicted octanol–water partition coefficient (Wildman–Crippen LogP) is 2.13. The van der Waals surface area contributed by atoms with Gasteiger partial charge in [0.05, 0.1) is 26.2 Å². The van der Waals surface area contributed by atoms with Crippen molar-refractivity contribution in [3.63, 3.8) is 0 Å². The lowest BCUT2D eigenvalue weighted by atomic mass is 10.2. The van der Waals surface area contributed by atoms with E-state index in [4.69, 9.17) is 9.47 Å². The van der Waals surface area contributed by atoms with E-state index < -0.39 is 10.0 Å². The minimum atomic E-state index is -3.63. The van der Waals surface area contributed by atoms with Crippen molar-refractivity contribution >= 4 is 21.6 Å². The Morgan fingerprint density at radius 3 is 2.19 bits per heavy atom. The first-order valence-corrected chi connectivity index (χ1v) is 10.1. The van der Waals surface area contributed by atoms with Crippen molar-refractivity contribution in [3.05, 3.63) is 54.1 Å². The molecule has 0 atom stereocenters. The molecule has 2 aromatic rings. The fourth-order valence-electron chi connectivity index (χ4n) is 2.57. The van der Waals surface area contributed by atoms with Crippen molar-refractivity contribution in [1.82, 2.24) is 4.90 Å². The lowest BCUT2D eigenvalue weighted by molar-refractivity contribution is -0.128. The number of rotatable bonds is 8. The van der Waals surface area contributed by atoms with Crippen molar-refractivity contribution in [2.75, 3.05) is 38.4 Å². The molecule has 2 rings (SSSR count). The number of hydrogen-bond donors (Lipinski definition) is 0. The summed E-state index contributed by atoms with van der Waals surface area (Å²) < 4.78 is 35.9. The molecule has 0 bridgehead atoms. The van der Waals surface area contributed by atoms with Crippen LogP contribution < -0.4 is 13.8 Å². The van der Waals surface area contributed by atoms with Gasteiger partial charge < -0.3 is 14.4 Å². The van der Waals surface area contributed by atoms with Gasteiger partial charge in [-0.05, 0) is 30.3 Å². The number of carbonyl (C=O) groups excluding carboxylic acids is 1. The standard InChI is InChI=1S/C19H24N2O5S/c1-20(13-15-7-5-6-8-18(15)26-3)19(22)14-21(27(4,23)24)16-9-11-17(25-2)12-10-16/h5-12H,13-14H2,1-4H3. The van der Waals surface area contributed by atoms with Crippen molar-refractivity contribution < 1.29 is 22.7 Å². The van der Waals surface area contributed by atoms with E-state index in [1.165, 1.54) is 12.0 Å². The summed E-state index contributed by atoms with van der Waals surface area (Å²) in [4.78, 5) is 14.1. The Morgan fingerprint density at radius 1 is 1.00 bits per heavy atom. The number of sulfonamides is 1. The maximum Gasteiger partial charge on any atom is 0.243 e. The first-order chi connectivity index (χ1) is 12.8. The van der Waals surface area contributed by atoms with E-state index in [1.807, 2.05) is 24.3 Å². The van der Waals surface area contributed by atoms with Crippen LogP contribution in [0.3, 0.4) is 0 Å². The molecule has 0 aliphatic rings. The van der Waals surface area contributed by atoms with Crippen molar-refractivity contribution in [1.29, 1.82) is 0 Å². The molecular formula is C19H24N2O5S. The van der Waals surface area contributed by atoms with Gasteiger partial charge in [-0.2, -0.15) is 0 Å². The minimum Gasteiger partial charge on any atom is -0.497 e. The molecule has 0 unspecified atom stereocenters. The molecule has 0 heterocycles. The Hall–Kier alpha value is -2.74. The summed E-state index contributed by atoms with van der Waals surface area (Å²) in [6.07, 6.45) is 1.07. The summed E-state index contributed by atoms with van der Waals surface area (Å²) in [5.41, 5.74) is 1.24. The lowest BCUT2D eigenvalue weighted by Gasteiger charge is -2.25. The fourth-order valence-corrected chi connectivity index (χ4v) is 3.42. The largest absolute Gasteiger partial charge is 0.497 e. The zero-order valence-electron chi connectivity index (χ0n) is 15.9. The Bertz CT molecular complexity index is 881. The molecule has 146 valence electrons. The number of ether oxygens (including phenoxy) is 2. The third kappa shape index (κ3) is 5.37. The summed E-state index contributed by atoms with van der Waals surface area (Å²) in [7, 11) is 1.09. The number of nitrogens with zero attached hydrogens (tertiary/aromatic N) is 2. The Kier molecular flexibility index (Phi) is 6.68. The molecule has 0 fully saturated rings. The molecule has 0 saturated heterocycles. The fraction of sp³-hybridized carbons (Fsp3) is 0.316. The molecule has 2 aromatic carbocycles. The van der Waals surface area contributed by atoms with E-state index in [-0.39, 0.29) is 12.5 Å². The van der Waals surface area contributed by atoms with Gasteiger partial charge in [-0.1, -0.05) is 18.2 Å². The number of amides is 1. The maximum atomic E-state index is 12.7. The van der Waals surface area contributed by atoms with Gasteiger partial charge in [-0.25, -0.2) is 8.42 Å². The lowest BCUT2D eigenvalue weighted by Crippen LogP contribution is -2.41. The highest BCUT2D eigenvalue weighted by Gasteiger charge is 2.23. The third-order valence-electron chi connectivity index (χ3n) is 4.07. The third-order valence-corrected chi connectivity index (χ3v) is 5.21. The van der Waals surface area contributed by atoms with Crippen LogP contribution in [0.5, 0.6) is 11.5 Å². The highest BCUT2D eigenvalue weighted by atomic mass is 32.2. The number of likely N-dealkylation sites (N-methyl/N-ethyl adjacent to an activating group) is 1. The normalized spacial score (nSPS) is 11.0. The van der Waals surface area contributed by atoms with Crippen molar-refractivity contribution in [3.8, 4) is 11.5 Å². The van der Waals surface area contributed by atoms with E-state index in [2.05, 4.69) is 0 Å². The summed E-state index contributed by atoms with van der Waals surface area (Å²) >= 11 is 0. The van der Waals surface area contributed by atoms with Gasteiger partial charge >= 0.3 is 0 Å². The smallest absolute Gasteiger partial charge is 0.243 e. The van der Waals surface area contributed by atoms with Crippen LogP contribution in [0, 0.1) is 0 Å². The van der Waals surface area contributed by atoms with Gasteiger partial charge in [0.15, 0.2) is 0 Å². The van der Waals surface area contributed by atoms with Crippen LogP contribution in [0.15, 0.2) is 48.5 Å². The number of benzene rings is 2. The monoisotopic (exact) mass is 392 g/mol. The van der Waals surface area contributed by atoms with Gasteiger partial charge in [0, 0.05) is 19.2 Å². The SMILES string of the molecule is COc1ccc(N(CC(=O)N(C)Cc2ccccc2OC)S(C)(=O)=O)cc1. The molecule has 0 aromatic heterocycles. The Labute approximate surface area is 160 Å². The molecule has 8 heteroatoms. The van der Waals surface area contributed by atoms with E-state index in [9.17, 15) is 13.2 Å². The van der Waals surface area contributed by atoms with Gasteiger partial charge in [-0.3, -0.25) is 9.10 Å². The first kappa shape index (κ1) is 20.6. The average Bonchev–Trinajstić information content (AvgIpc) is 2.65. The predicted molar refractivity (Wildman–Crippen MR) is 105 cm³/mol. The summed E-state index contributed by atoms with van der Waals surface area (Å²) in [6, 6.07) is 13.9. The number of anilines is 1. The molecule has 1 amide bonds. The summed E-state index contributed by atoms with van der Waals surface area (Å²) in [6.45, 7) is 0.0138. The van der Waals surface area contributed by atoms with Gasteiger partial charge in [0.2, 0.25) is 15.9 Å². The first-order valence-electron chi connectivity index (χ1n) is 8.24. The van der Waals surface area contributed by atoms with Crippen molar-refractivity contribution in [2.24, 2.45) is 0 Å². The highest BCUT2D eigenvalue weighted by molar-refractivity contribution is 7.92. The molecule has 0 aliphatic carbocycles. The van der Waals surface area contributed by atoms with Gasteiger partial charge in [0.25, 0.3) is 0 Å². The second kappa shape index (κ2) is 8.77. The zero-order valence-corrected chi connectivity index (χ0v) is 16.7. The minimum absolute atomic E-state index is 0.295. The molecule has 0 radical (unpaired) electrons. The van der Waals surface area contributed by atoms with Crippen LogP contribution in [-0.2, 0) is 21.4 Å². The number of hydrogen-bond acceptors (Lipinski definition) is 5. The molecule has 7 nitrogen and oxygen atoms in total. The van der Waals surface area contributed by atoms with Crippen LogP contribution >= 0.6 is 0 Å². The molecule has 0 spiro atoms. The number of para-hydroxylation sites is 1. The van der Waals surface area contributed by atoms with Gasteiger partial charge in [0.1, 0.15) is 18.0 Å². The second-order valence-corrected chi connectivity index (χ2v) is 7.94. The van der Waals surface area contributed by atoms with Crippen LogP contribution in [0.2, 0.25) is 0 Å². The van der Waals surface area contributed by atoms with E-state index >= 15 is 0 Å². The molecule has 0 saturated carbocycles. The number of carbonyl (C=O) groups is 1. The molecular weight excluding hydrogens is 368 g/mol. The molecule has 0 N–H and O–H groups in total. The number of methoxy groups -OCH3 is 2. The van der Waals surface area contributed by atoms with Crippen LogP contribution in [0.4, 0.5) is 5.69 Å². The van der Waals surface area contributed by atoms with Gasteiger partial charge in [-0.15, -0.1) is 0 Å². The Balaban J connectivity index is 2.17. The second-order valence-electron chi connectivity index (χ2n) is 6.03. The molecule has 0 aliphatic heterocycles. The summed E-state index contributed by atoms with van der Waals surface area (Å²) in [5, 5.41) is 0. The summed E-state index contributed by atoms with van der Waals surface area (Å²) in [5.74, 6) is 0.946.